The van der Waals surface area contributed by atoms with Crippen LogP contribution in [-0.2, 0) is 13.1 Å². The van der Waals surface area contributed by atoms with Crippen LogP contribution < -0.4 is 21.3 Å². The Labute approximate surface area is 327 Å². The second kappa shape index (κ2) is 15.8. The Morgan fingerprint density at radius 3 is 1.45 bits per heavy atom. The molecule has 0 radical (unpaired) electrons. The second-order valence-corrected chi connectivity index (χ2v) is 15.4. The molecular formula is C43H51N11O2. The quantitative estimate of drug-likeness (QED) is 0.0903. The molecule has 0 unspecified atom stereocenters. The molecule has 0 saturated heterocycles. The number of aromatic nitrogens is 4. The molecule has 4 N–H and O–H groups in total. The first kappa shape index (κ1) is 37.2. The van der Waals surface area contributed by atoms with Crippen molar-refractivity contribution in [1.29, 1.82) is 0 Å². The lowest BCUT2D eigenvalue weighted by Crippen LogP contribution is -2.31. The molecule has 0 fully saturated rings. The molecule has 13 nitrogen and oxygen atoms in total. The minimum atomic E-state index is -0.102. The van der Waals surface area contributed by atoms with Crippen LogP contribution in [-0.4, -0.2) is 121 Å². The van der Waals surface area contributed by atoms with Crippen LogP contribution in [0.15, 0.2) is 72.8 Å². The summed E-state index contributed by atoms with van der Waals surface area (Å²) in [7, 11) is 10.3. The first-order chi connectivity index (χ1) is 27.2. The molecule has 0 spiro atoms. The van der Waals surface area contributed by atoms with Gasteiger partial charge in [0.1, 0.15) is 11.4 Å². The summed E-state index contributed by atoms with van der Waals surface area (Å²) in [6, 6.07) is 24.1. The van der Waals surface area contributed by atoms with Crippen molar-refractivity contribution in [3.8, 4) is 22.5 Å². The summed E-state index contributed by atoms with van der Waals surface area (Å²) in [4.78, 5) is 33.7. The van der Waals surface area contributed by atoms with Gasteiger partial charge in [-0.25, -0.2) is 0 Å². The molecule has 2 amide bonds. The topological polar surface area (TPSA) is 128 Å². The molecule has 6 aromatic rings. The summed E-state index contributed by atoms with van der Waals surface area (Å²) in [6.07, 6.45) is 1.61. The van der Waals surface area contributed by atoms with Crippen LogP contribution in [0.25, 0.3) is 44.3 Å². The van der Waals surface area contributed by atoms with Crippen molar-refractivity contribution >= 4 is 56.4 Å². The summed E-state index contributed by atoms with van der Waals surface area (Å²) < 4.78 is 4.10. The summed E-state index contributed by atoms with van der Waals surface area (Å²) >= 11 is 0. The zero-order valence-corrected chi connectivity index (χ0v) is 32.9. The van der Waals surface area contributed by atoms with Gasteiger partial charge in [-0.1, -0.05) is 36.4 Å². The normalized spacial score (nSPS) is 12.6. The SMILES string of the molecule is CN(C)CCn1nc2c3c(c(C(=O)NCCCN(C)CCCNC(=O)c4ccc5c6c(nn5CCN(C)C)-c5ccccc5Nc46)ccc31)Nc1ccccc1-2. The Bertz CT molecular complexity index is 2260. The van der Waals surface area contributed by atoms with E-state index in [4.69, 9.17) is 10.2 Å². The van der Waals surface area contributed by atoms with Crippen LogP contribution in [0.3, 0.4) is 0 Å². The van der Waals surface area contributed by atoms with Crippen molar-refractivity contribution < 1.29 is 9.59 Å². The van der Waals surface area contributed by atoms with Crippen LogP contribution >= 0.6 is 0 Å². The summed E-state index contributed by atoms with van der Waals surface area (Å²) in [5.74, 6) is -0.205. The number of hydrogen-bond donors (Lipinski definition) is 4. The first-order valence-electron chi connectivity index (χ1n) is 19.5. The molecule has 8 rings (SSSR count). The molecule has 2 aliphatic heterocycles. The van der Waals surface area contributed by atoms with Gasteiger partial charge in [0.15, 0.2) is 0 Å². The molecule has 56 heavy (non-hydrogen) atoms. The van der Waals surface area contributed by atoms with E-state index in [0.717, 1.165) is 119 Å². The van der Waals surface area contributed by atoms with Crippen molar-refractivity contribution in [2.45, 2.75) is 25.9 Å². The molecule has 290 valence electrons. The van der Waals surface area contributed by atoms with E-state index in [1.54, 1.807) is 0 Å². The highest BCUT2D eigenvalue weighted by Gasteiger charge is 2.28. The number of likely N-dealkylation sites (N-methyl/N-ethyl adjacent to an activating group) is 2. The largest absolute Gasteiger partial charge is 0.354 e. The first-order valence-corrected chi connectivity index (χ1v) is 19.5. The van der Waals surface area contributed by atoms with Gasteiger partial charge in [-0.15, -0.1) is 0 Å². The third kappa shape index (κ3) is 7.20. The third-order valence-corrected chi connectivity index (χ3v) is 10.7. The zero-order chi connectivity index (χ0) is 38.9. The lowest BCUT2D eigenvalue weighted by atomic mass is 9.97. The maximum absolute atomic E-state index is 13.6. The van der Waals surface area contributed by atoms with E-state index in [1.807, 2.05) is 70.0 Å². The average molecular weight is 754 g/mol. The Hall–Kier alpha value is -5.76. The van der Waals surface area contributed by atoms with Crippen LogP contribution in [0, 0.1) is 0 Å². The van der Waals surface area contributed by atoms with Gasteiger partial charge in [0.25, 0.3) is 11.8 Å². The van der Waals surface area contributed by atoms with Crippen molar-refractivity contribution in [3.05, 3.63) is 83.9 Å². The molecule has 0 aliphatic carbocycles. The maximum atomic E-state index is 13.6. The molecule has 0 saturated carbocycles. The number of carbonyl (C=O) groups is 2. The van der Waals surface area contributed by atoms with Gasteiger partial charge in [0.2, 0.25) is 0 Å². The molecule has 2 aromatic heterocycles. The van der Waals surface area contributed by atoms with E-state index in [0.29, 0.717) is 24.2 Å². The number of carbonyl (C=O) groups excluding carboxylic acids is 2. The van der Waals surface area contributed by atoms with Crippen molar-refractivity contribution in [2.24, 2.45) is 0 Å². The number of anilines is 4. The summed E-state index contributed by atoms with van der Waals surface area (Å²) in [5.41, 5.74) is 10.7. The Kier molecular flexibility index (Phi) is 10.5. The third-order valence-electron chi connectivity index (χ3n) is 10.7. The summed E-state index contributed by atoms with van der Waals surface area (Å²) in [5, 5.41) is 25.4. The fourth-order valence-corrected chi connectivity index (χ4v) is 7.76. The Morgan fingerprint density at radius 1 is 0.589 bits per heavy atom. The maximum Gasteiger partial charge on any atom is 0.253 e. The summed E-state index contributed by atoms with van der Waals surface area (Å²) in [6.45, 7) is 5.99. The molecule has 0 bridgehead atoms. The van der Waals surface area contributed by atoms with E-state index in [9.17, 15) is 9.59 Å². The number of para-hydroxylation sites is 2. The van der Waals surface area contributed by atoms with E-state index in [-0.39, 0.29) is 11.8 Å². The lowest BCUT2D eigenvalue weighted by molar-refractivity contribution is 0.0946. The number of fused-ring (bicyclic) bond motifs is 4. The van der Waals surface area contributed by atoms with Gasteiger partial charge in [0.05, 0.1) is 57.4 Å². The minimum Gasteiger partial charge on any atom is -0.354 e. The highest BCUT2D eigenvalue weighted by Crippen LogP contribution is 2.46. The fourth-order valence-electron chi connectivity index (χ4n) is 7.76. The second-order valence-electron chi connectivity index (χ2n) is 15.4. The monoisotopic (exact) mass is 753 g/mol. The van der Waals surface area contributed by atoms with Gasteiger partial charge in [-0.3, -0.25) is 19.0 Å². The molecule has 0 atom stereocenters. The molecule has 13 heteroatoms. The number of nitrogens with zero attached hydrogens (tertiary/aromatic N) is 7. The van der Waals surface area contributed by atoms with Crippen LogP contribution in [0.2, 0.25) is 0 Å². The van der Waals surface area contributed by atoms with E-state index >= 15 is 0 Å². The van der Waals surface area contributed by atoms with Crippen molar-refractivity contribution in [2.75, 3.05) is 85.1 Å². The zero-order valence-electron chi connectivity index (χ0n) is 32.9. The van der Waals surface area contributed by atoms with E-state index in [1.165, 1.54) is 0 Å². The van der Waals surface area contributed by atoms with Crippen LogP contribution in [0.5, 0.6) is 0 Å². The fraction of sp³-hybridized carbons (Fsp3) is 0.349. The number of nitrogens with one attached hydrogen (secondary N) is 4. The Balaban J connectivity index is 0.846. The van der Waals surface area contributed by atoms with Gasteiger partial charge >= 0.3 is 0 Å². The predicted octanol–water partition coefficient (Wildman–Crippen LogP) is 5.83. The smallest absolute Gasteiger partial charge is 0.253 e. The highest BCUT2D eigenvalue weighted by atomic mass is 16.2. The predicted molar refractivity (Wildman–Crippen MR) is 225 cm³/mol. The number of benzene rings is 4. The van der Waals surface area contributed by atoms with Gasteiger partial charge in [0, 0.05) is 48.7 Å². The van der Waals surface area contributed by atoms with Crippen LogP contribution in [0.4, 0.5) is 22.7 Å². The van der Waals surface area contributed by atoms with Gasteiger partial charge < -0.3 is 36.0 Å². The molecule has 4 heterocycles. The van der Waals surface area contributed by atoms with Gasteiger partial charge in [-0.05, 0) is 97.6 Å². The lowest BCUT2D eigenvalue weighted by Gasteiger charge is -2.21. The van der Waals surface area contributed by atoms with E-state index < -0.39 is 0 Å². The van der Waals surface area contributed by atoms with Gasteiger partial charge in [-0.2, -0.15) is 10.2 Å². The number of hydrogen-bond acceptors (Lipinski definition) is 9. The highest BCUT2D eigenvalue weighted by molar-refractivity contribution is 6.17. The van der Waals surface area contributed by atoms with E-state index in [2.05, 4.69) is 83.3 Å². The molecule has 4 aromatic carbocycles. The number of rotatable bonds is 16. The Morgan fingerprint density at radius 2 is 1.02 bits per heavy atom. The van der Waals surface area contributed by atoms with Crippen molar-refractivity contribution in [3.63, 3.8) is 0 Å². The van der Waals surface area contributed by atoms with Crippen molar-refractivity contribution in [1.82, 2.24) is 44.9 Å². The minimum absolute atomic E-state index is 0.102. The standard InChI is InChI=1S/C43H51N11O2/c1-50(2)24-26-53-34-18-16-30(38-36(34)40(48-53)28-12-6-8-14-32(28)46-38)42(55)44-20-10-22-52(5)23-11-21-45-43(56)31-17-19-35-37-39(31)47-33-15-9-7-13-29(33)41(37)49-54(35)27-25-51(3)4/h6-9,12-19,46-47H,10-11,20-27H2,1-5H3,(H,44,55)(H,45,56). The molecular weight excluding hydrogens is 703 g/mol. The average Bonchev–Trinajstić information content (AvgIpc) is 3.77. The molecule has 2 aliphatic rings. The number of amides is 2. The van der Waals surface area contributed by atoms with Crippen LogP contribution in [0.1, 0.15) is 33.6 Å².